The van der Waals surface area contributed by atoms with Crippen molar-refractivity contribution >= 4 is 19.7 Å². The Morgan fingerprint density at radius 3 is 1.39 bits per heavy atom. The van der Waals surface area contributed by atoms with Gasteiger partial charge >= 0.3 is 0 Å². The van der Waals surface area contributed by atoms with Crippen LogP contribution in [0.15, 0.2) is 0 Å². The summed E-state index contributed by atoms with van der Waals surface area (Å²) in [4.78, 5) is 0. The Hall–Kier alpha value is -0.100. The monoisotopic (exact) mass is 294 g/mol. The van der Waals surface area contributed by atoms with E-state index < -0.39 is 19.7 Å². The normalized spacial score (nSPS) is 33.8. The third-order valence-corrected chi connectivity index (χ3v) is 8.92. The third-order valence-electron chi connectivity index (χ3n) is 4.23. The Bertz CT molecular complexity index is 432. The molecule has 0 amide bonds. The molecule has 0 radical (unpaired) electrons. The smallest absolute Gasteiger partial charge is 0.153 e. The number of rotatable bonds is 5. The fourth-order valence-electron chi connectivity index (χ4n) is 3.11. The standard InChI is InChI=1S/C12H22O4S2/c13-17(14)9-3-7-11(17)5-1-2-6-12-8-4-10-18(12,15)16/h11-12H,1-10H2. The molecule has 0 bridgehead atoms. The molecule has 0 aromatic heterocycles. The Kier molecular flexibility index (Phi) is 4.36. The van der Waals surface area contributed by atoms with Crippen molar-refractivity contribution in [2.45, 2.75) is 61.9 Å². The number of hydrogen-bond acceptors (Lipinski definition) is 4. The summed E-state index contributed by atoms with van der Waals surface area (Å²) in [5.74, 6) is 0.684. The molecule has 2 rings (SSSR count). The predicted octanol–water partition coefficient (Wildman–Crippen LogP) is 1.70. The van der Waals surface area contributed by atoms with Crippen molar-refractivity contribution in [2.75, 3.05) is 11.5 Å². The molecule has 18 heavy (non-hydrogen) atoms. The third kappa shape index (κ3) is 3.26. The van der Waals surface area contributed by atoms with Gasteiger partial charge in [-0.2, -0.15) is 0 Å². The Morgan fingerprint density at radius 2 is 1.11 bits per heavy atom. The van der Waals surface area contributed by atoms with Gasteiger partial charge < -0.3 is 0 Å². The summed E-state index contributed by atoms with van der Waals surface area (Å²) in [6.45, 7) is 0. The summed E-state index contributed by atoms with van der Waals surface area (Å²) in [6, 6.07) is 0. The van der Waals surface area contributed by atoms with E-state index in [2.05, 4.69) is 0 Å². The molecule has 2 fully saturated rings. The van der Waals surface area contributed by atoms with Crippen LogP contribution < -0.4 is 0 Å². The van der Waals surface area contributed by atoms with E-state index in [0.29, 0.717) is 11.5 Å². The van der Waals surface area contributed by atoms with Gasteiger partial charge in [0.15, 0.2) is 19.7 Å². The fourth-order valence-corrected chi connectivity index (χ4v) is 7.02. The molecule has 0 aromatic carbocycles. The summed E-state index contributed by atoms with van der Waals surface area (Å²) in [5.41, 5.74) is 0. The fraction of sp³-hybridized carbons (Fsp3) is 1.00. The first kappa shape index (κ1) is 14.3. The van der Waals surface area contributed by atoms with Crippen LogP contribution in [0.3, 0.4) is 0 Å². The molecule has 106 valence electrons. The zero-order valence-corrected chi connectivity index (χ0v) is 12.3. The molecule has 2 aliphatic rings. The minimum Gasteiger partial charge on any atom is -0.229 e. The van der Waals surface area contributed by atoms with Crippen molar-refractivity contribution in [1.82, 2.24) is 0 Å². The van der Waals surface area contributed by atoms with Gasteiger partial charge in [-0.3, -0.25) is 0 Å². The molecule has 0 aromatic rings. The summed E-state index contributed by atoms with van der Waals surface area (Å²) < 4.78 is 46.5. The number of hydrogen-bond donors (Lipinski definition) is 0. The molecule has 0 spiro atoms. The maximum absolute atomic E-state index is 11.6. The van der Waals surface area contributed by atoms with Crippen molar-refractivity contribution in [3.8, 4) is 0 Å². The summed E-state index contributed by atoms with van der Waals surface area (Å²) in [6.07, 6.45) is 6.30. The molecule has 2 atom stereocenters. The predicted molar refractivity (Wildman–Crippen MR) is 72.1 cm³/mol. The van der Waals surface area contributed by atoms with Gasteiger partial charge in [0.05, 0.1) is 22.0 Å². The second-order valence-electron chi connectivity index (χ2n) is 5.55. The van der Waals surface area contributed by atoms with Crippen LogP contribution >= 0.6 is 0 Å². The van der Waals surface area contributed by atoms with E-state index >= 15 is 0 Å². The van der Waals surface area contributed by atoms with Crippen LogP contribution in [0.25, 0.3) is 0 Å². The van der Waals surface area contributed by atoms with Crippen LogP contribution in [-0.4, -0.2) is 38.8 Å². The lowest BCUT2D eigenvalue weighted by atomic mass is 10.1. The van der Waals surface area contributed by atoms with Crippen molar-refractivity contribution in [3.63, 3.8) is 0 Å². The van der Waals surface area contributed by atoms with E-state index in [1.807, 2.05) is 0 Å². The second-order valence-corrected chi connectivity index (χ2v) is 10.3. The highest BCUT2D eigenvalue weighted by Crippen LogP contribution is 2.27. The highest BCUT2D eigenvalue weighted by atomic mass is 32.2. The van der Waals surface area contributed by atoms with E-state index in [1.54, 1.807) is 0 Å². The minimum absolute atomic E-state index is 0.155. The van der Waals surface area contributed by atoms with Gasteiger partial charge in [0.1, 0.15) is 0 Å². The van der Waals surface area contributed by atoms with E-state index in [1.165, 1.54) is 0 Å². The molecular weight excluding hydrogens is 272 g/mol. The Morgan fingerprint density at radius 1 is 0.722 bits per heavy atom. The lowest BCUT2D eigenvalue weighted by molar-refractivity contribution is 0.546. The molecule has 2 saturated heterocycles. The van der Waals surface area contributed by atoms with Crippen LogP contribution in [0.5, 0.6) is 0 Å². The largest absolute Gasteiger partial charge is 0.229 e. The first-order valence-electron chi connectivity index (χ1n) is 6.85. The molecular formula is C12H22O4S2. The highest BCUT2D eigenvalue weighted by Gasteiger charge is 2.32. The van der Waals surface area contributed by atoms with E-state index in [9.17, 15) is 16.8 Å². The Labute approximate surface area is 110 Å². The van der Waals surface area contributed by atoms with E-state index in [4.69, 9.17) is 0 Å². The van der Waals surface area contributed by atoms with Gasteiger partial charge in [0.25, 0.3) is 0 Å². The van der Waals surface area contributed by atoms with E-state index in [0.717, 1.165) is 51.4 Å². The second kappa shape index (κ2) is 5.49. The molecule has 0 saturated carbocycles. The van der Waals surface area contributed by atoms with Gasteiger partial charge in [-0.25, -0.2) is 16.8 Å². The zero-order chi connectivity index (χ0) is 13.2. The highest BCUT2D eigenvalue weighted by molar-refractivity contribution is 7.92. The van der Waals surface area contributed by atoms with Gasteiger partial charge in [0, 0.05) is 0 Å². The maximum Gasteiger partial charge on any atom is 0.153 e. The van der Waals surface area contributed by atoms with Gasteiger partial charge in [-0.05, 0) is 38.5 Å². The van der Waals surface area contributed by atoms with Crippen molar-refractivity contribution in [3.05, 3.63) is 0 Å². The lowest BCUT2D eigenvalue weighted by Crippen LogP contribution is -2.17. The lowest BCUT2D eigenvalue weighted by Gasteiger charge is -2.11. The molecule has 0 N–H and O–H groups in total. The summed E-state index contributed by atoms with van der Waals surface area (Å²) in [7, 11) is -5.66. The molecule has 2 unspecified atom stereocenters. The Balaban J connectivity index is 1.71. The van der Waals surface area contributed by atoms with Crippen LogP contribution in [0.4, 0.5) is 0 Å². The van der Waals surface area contributed by atoms with Crippen LogP contribution in [0.2, 0.25) is 0 Å². The molecule has 2 aliphatic heterocycles. The first-order valence-corrected chi connectivity index (χ1v) is 10.3. The molecule has 4 nitrogen and oxygen atoms in total. The maximum atomic E-state index is 11.6. The van der Waals surface area contributed by atoms with Crippen molar-refractivity contribution < 1.29 is 16.8 Å². The SMILES string of the molecule is O=S1(=O)CCCC1CCCCC1CCCS1(=O)=O. The van der Waals surface area contributed by atoms with Crippen LogP contribution in [0, 0.1) is 0 Å². The van der Waals surface area contributed by atoms with Crippen molar-refractivity contribution in [1.29, 1.82) is 0 Å². The van der Waals surface area contributed by atoms with Crippen LogP contribution in [0.1, 0.15) is 51.4 Å². The number of unbranched alkanes of at least 4 members (excludes halogenated alkanes) is 1. The molecule has 6 heteroatoms. The zero-order valence-electron chi connectivity index (χ0n) is 10.7. The van der Waals surface area contributed by atoms with Crippen LogP contribution in [-0.2, 0) is 19.7 Å². The van der Waals surface area contributed by atoms with E-state index in [-0.39, 0.29) is 10.5 Å². The molecule has 2 heterocycles. The average molecular weight is 294 g/mol. The quantitative estimate of drug-likeness (QED) is 0.724. The minimum atomic E-state index is -2.83. The van der Waals surface area contributed by atoms with Gasteiger partial charge in [0.2, 0.25) is 0 Å². The topological polar surface area (TPSA) is 68.3 Å². The average Bonchev–Trinajstić information content (AvgIpc) is 2.77. The van der Waals surface area contributed by atoms with Gasteiger partial charge in [-0.15, -0.1) is 0 Å². The van der Waals surface area contributed by atoms with Crippen molar-refractivity contribution in [2.24, 2.45) is 0 Å². The first-order chi connectivity index (χ1) is 8.42. The summed E-state index contributed by atoms with van der Waals surface area (Å²) >= 11 is 0. The van der Waals surface area contributed by atoms with Gasteiger partial charge in [-0.1, -0.05) is 12.8 Å². The number of sulfone groups is 2. The molecule has 0 aliphatic carbocycles. The summed E-state index contributed by atoms with van der Waals surface area (Å²) in [5, 5.41) is -0.310.